The second-order valence-electron chi connectivity index (χ2n) is 7.82. The number of rotatable bonds is 3. The molecule has 32 heavy (non-hydrogen) atoms. The van der Waals surface area contributed by atoms with Gasteiger partial charge in [0.05, 0.1) is 17.2 Å². The van der Waals surface area contributed by atoms with Gasteiger partial charge in [-0.15, -0.1) is 0 Å². The first-order chi connectivity index (χ1) is 15.6. The van der Waals surface area contributed by atoms with Crippen molar-refractivity contribution in [2.24, 2.45) is 5.73 Å². The Labute approximate surface area is 184 Å². The van der Waals surface area contributed by atoms with E-state index in [1.54, 1.807) is 29.4 Å². The number of carbonyl (C=O) groups excluding carboxylic acids is 1. The van der Waals surface area contributed by atoms with Gasteiger partial charge in [-0.25, -0.2) is 14.2 Å². The number of aromatic nitrogens is 3. The normalized spacial score (nSPS) is 14.5. The predicted octanol–water partition coefficient (Wildman–Crippen LogP) is 3.82. The number of hydrogen-bond donors (Lipinski definition) is 1. The quantitative estimate of drug-likeness (QED) is 0.536. The lowest BCUT2D eigenvalue weighted by atomic mass is 10.1. The summed E-state index contributed by atoms with van der Waals surface area (Å²) in [5.74, 6) is 0.483. The van der Waals surface area contributed by atoms with Crippen LogP contribution in [0.4, 0.5) is 14.9 Å². The molecule has 1 aliphatic heterocycles. The van der Waals surface area contributed by atoms with Gasteiger partial charge >= 0.3 is 6.03 Å². The Balaban J connectivity index is 1.49. The van der Waals surface area contributed by atoms with E-state index in [2.05, 4.69) is 22.0 Å². The molecule has 0 bridgehead atoms. The molecule has 4 aromatic rings. The number of pyridine rings is 1. The van der Waals surface area contributed by atoms with E-state index in [1.165, 1.54) is 12.1 Å². The number of primary amides is 1. The number of anilines is 1. The maximum atomic E-state index is 13.5. The zero-order chi connectivity index (χ0) is 22.1. The molecule has 0 saturated carbocycles. The van der Waals surface area contributed by atoms with E-state index in [9.17, 15) is 9.18 Å². The Kier molecular flexibility index (Phi) is 5.18. The van der Waals surface area contributed by atoms with Crippen LogP contribution in [0.1, 0.15) is 6.42 Å². The molecule has 0 aliphatic carbocycles. The molecule has 1 aliphatic rings. The third-order valence-electron chi connectivity index (χ3n) is 5.84. The Morgan fingerprint density at radius 3 is 2.41 bits per heavy atom. The topological polar surface area (TPSA) is 80.3 Å². The van der Waals surface area contributed by atoms with Crippen LogP contribution in [-0.2, 0) is 0 Å². The van der Waals surface area contributed by atoms with E-state index in [-0.39, 0.29) is 11.8 Å². The van der Waals surface area contributed by atoms with Crippen molar-refractivity contribution >= 4 is 22.8 Å². The summed E-state index contributed by atoms with van der Waals surface area (Å²) >= 11 is 0. The first-order valence-electron chi connectivity index (χ1n) is 10.6. The van der Waals surface area contributed by atoms with Gasteiger partial charge in [-0.05, 0) is 61.0 Å². The van der Waals surface area contributed by atoms with Gasteiger partial charge in [0.15, 0.2) is 0 Å². The smallest absolute Gasteiger partial charge is 0.314 e. The summed E-state index contributed by atoms with van der Waals surface area (Å²) in [6.45, 7) is 2.90. The first kappa shape index (κ1) is 20.0. The van der Waals surface area contributed by atoms with E-state index in [4.69, 9.17) is 10.7 Å². The molecule has 0 unspecified atom stereocenters. The fraction of sp³-hybridized carbons (Fsp3) is 0.208. The van der Waals surface area contributed by atoms with Crippen LogP contribution >= 0.6 is 0 Å². The highest BCUT2D eigenvalue weighted by Crippen LogP contribution is 2.30. The van der Waals surface area contributed by atoms with Crippen LogP contribution in [0.2, 0.25) is 0 Å². The van der Waals surface area contributed by atoms with Crippen LogP contribution in [-0.4, -0.2) is 51.6 Å². The standard InChI is InChI=1S/C24H23FN6O/c25-18-4-8-20(9-5-18)31-22-16-27-11-10-21(22)28-23(31)17-2-6-19(7-3-17)29-12-1-13-30(15-14-29)24(26)32/h2-11,16H,1,12-15H2,(H2,26,32). The van der Waals surface area contributed by atoms with Crippen LogP contribution < -0.4 is 10.6 Å². The minimum absolute atomic E-state index is 0.283. The van der Waals surface area contributed by atoms with Gasteiger partial charge in [0.1, 0.15) is 11.6 Å². The molecule has 1 saturated heterocycles. The van der Waals surface area contributed by atoms with Crippen molar-refractivity contribution < 1.29 is 9.18 Å². The Bertz CT molecular complexity index is 1250. The number of benzene rings is 2. The van der Waals surface area contributed by atoms with E-state index in [1.807, 2.05) is 22.8 Å². The molecule has 8 heteroatoms. The molecule has 162 valence electrons. The summed E-state index contributed by atoms with van der Waals surface area (Å²) in [6.07, 6.45) is 4.36. The molecule has 7 nitrogen and oxygen atoms in total. The van der Waals surface area contributed by atoms with E-state index in [0.29, 0.717) is 13.1 Å². The molecule has 2 aromatic carbocycles. The maximum Gasteiger partial charge on any atom is 0.314 e. The number of imidazole rings is 1. The monoisotopic (exact) mass is 430 g/mol. The number of nitrogens with zero attached hydrogens (tertiary/aromatic N) is 5. The van der Waals surface area contributed by atoms with Crippen molar-refractivity contribution in [1.29, 1.82) is 0 Å². The molecule has 2 amide bonds. The van der Waals surface area contributed by atoms with Crippen molar-refractivity contribution in [3.8, 4) is 17.1 Å². The molecule has 5 rings (SSSR count). The van der Waals surface area contributed by atoms with Crippen LogP contribution in [0, 0.1) is 5.82 Å². The average Bonchev–Trinajstić information content (AvgIpc) is 3.01. The Hall–Kier alpha value is -3.94. The number of carbonyl (C=O) groups is 1. The Morgan fingerprint density at radius 2 is 1.66 bits per heavy atom. The van der Waals surface area contributed by atoms with Crippen molar-refractivity contribution in [2.45, 2.75) is 6.42 Å². The highest BCUT2D eigenvalue weighted by molar-refractivity contribution is 5.82. The summed E-state index contributed by atoms with van der Waals surface area (Å²) in [5, 5.41) is 0. The van der Waals surface area contributed by atoms with Gasteiger partial charge in [0, 0.05) is 49.3 Å². The van der Waals surface area contributed by atoms with Crippen LogP contribution in [0.5, 0.6) is 0 Å². The summed E-state index contributed by atoms with van der Waals surface area (Å²) in [7, 11) is 0. The largest absolute Gasteiger partial charge is 0.370 e. The Morgan fingerprint density at radius 1 is 0.906 bits per heavy atom. The predicted molar refractivity (Wildman–Crippen MR) is 122 cm³/mol. The van der Waals surface area contributed by atoms with Gasteiger partial charge in [0.25, 0.3) is 0 Å². The molecule has 0 atom stereocenters. The fourth-order valence-electron chi connectivity index (χ4n) is 4.19. The molecule has 2 N–H and O–H groups in total. The van der Waals surface area contributed by atoms with E-state index < -0.39 is 0 Å². The lowest BCUT2D eigenvalue weighted by molar-refractivity contribution is 0.211. The molecular formula is C24H23FN6O. The number of fused-ring (bicyclic) bond motifs is 1. The van der Waals surface area contributed by atoms with Gasteiger partial charge in [-0.2, -0.15) is 0 Å². The minimum Gasteiger partial charge on any atom is -0.370 e. The molecule has 0 spiro atoms. The van der Waals surface area contributed by atoms with Crippen LogP contribution in [0.3, 0.4) is 0 Å². The van der Waals surface area contributed by atoms with E-state index in [0.717, 1.165) is 53.3 Å². The van der Waals surface area contributed by atoms with E-state index >= 15 is 0 Å². The first-order valence-corrected chi connectivity index (χ1v) is 10.6. The van der Waals surface area contributed by atoms with Crippen LogP contribution in [0.25, 0.3) is 28.1 Å². The van der Waals surface area contributed by atoms with Crippen molar-refractivity contribution in [2.75, 3.05) is 31.1 Å². The van der Waals surface area contributed by atoms with Crippen molar-refractivity contribution in [3.63, 3.8) is 0 Å². The van der Waals surface area contributed by atoms with Crippen molar-refractivity contribution in [3.05, 3.63) is 72.8 Å². The third-order valence-corrected chi connectivity index (χ3v) is 5.84. The molecule has 3 heterocycles. The highest BCUT2D eigenvalue weighted by atomic mass is 19.1. The highest BCUT2D eigenvalue weighted by Gasteiger charge is 2.18. The second-order valence-corrected chi connectivity index (χ2v) is 7.82. The number of halogens is 1. The van der Waals surface area contributed by atoms with Gasteiger partial charge in [0.2, 0.25) is 0 Å². The second kappa shape index (κ2) is 8.30. The number of hydrogen-bond acceptors (Lipinski definition) is 4. The molecule has 2 aromatic heterocycles. The summed E-state index contributed by atoms with van der Waals surface area (Å²) in [5.41, 5.74) is 9.98. The van der Waals surface area contributed by atoms with Crippen LogP contribution in [0.15, 0.2) is 67.0 Å². The third kappa shape index (κ3) is 3.75. The summed E-state index contributed by atoms with van der Waals surface area (Å²) in [4.78, 5) is 24.5. The fourth-order valence-corrected chi connectivity index (χ4v) is 4.19. The molecular weight excluding hydrogens is 407 g/mol. The van der Waals surface area contributed by atoms with Gasteiger partial charge in [-0.3, -0.25) is 9.55 Å². The molecule has 1 fully saturated rings. The van der Waals surface area contributed by atoms with Gasteiger partial charge in [-0.1, -0.05) is 0 Å². The zero-order valence-corrected chi connectivity index (χ0v) is 17.5. The zero-order valence-electron chi connectivity index (χ0n) is 17.5. The average molecular weight is 430 g/mol. The maximum absolute atomic E-state index is 13.5. The number of amides is 2. The number of urea groups is 1. The lowest BCUT2D eigenvalue weighted by Gasteiger charge is -2.23. The van der Waals surface area contributed by atoms with Gasteiger partial charge < -0.3 is 15.5 Å². The lowest BCUT2D eigenvalue weighted by Crippen LogP contribution is -2.38. The molecule has 0 radical (unpaired) electrons. The van der Waals surface area contributed by atoms with Crippen molar-refractivity contribution in [1.82, 2.24) is 19.4 Å². The summed E-state index contributed by atoms with van der Waals surface area (Å²) < 4.78 is 15.5. The minimum atomic E-state index is -0.364. The summed E-state index contributed by atoms with van der Waals surface area (Å²) in [6, 6.07) is 16.1. The SMILES string of the molecule is NC(=O)N1CCCN(c2ccc(-c3nc4ccncc4n3-c3ccc(F)cc3)cc2)CC1. The number of nitrogens with two attached hydrogens (primary N) is 1.